The Morgan fingerprint density at radius 3 is 2.35 bits per heavy atom. The molecule has 3 heterocycles. The summed E-state index contributed by atoms with van der Waals surface area (Å²) < 4.78 is 26.4. The van der Waals surface area contributed by atoms with Crippen LogP contribution in [0.1, 0.15) is 43.9 Å². The summed E-state index contributed by atoms with van der Waals surface area (Å²) in [4.78, 5) is 3.13. The number of hydrogen-bond donors (Lipinski definition) is 3. The molecule has 40 heavy (non-hydrogen) atoms. The molecule has 12 heteroatoms. The molecule has 1 aliphatic rings. The highest BCUT2D eigenvalue weighted by molar-refractivity contribution is 8.00. The molecule has 0 saturated carbocycles. The van der Waals surface area contributed by atoms with E-state index in [9.17, 15) is 0 Å². The zero-order valence-electron chi connectivity index (χ0n) is 23.9. The van der Waals surface area contributed by atoms with Crippen molar-refractivity contribution in [3.63, 3.8) is 0 Å². The van der Waals surface area contributed by atoms with Crippen LogP contribution in [0.5, 0.6) is 17.2 Å². The van der Waals surface area contributed by atoms with Crippen LogP contribution in [0.2, 0.25) is 0 Å². The standard InChI is InChI=1S/C28H36N6O4S2/c1-16(2)19-15-25(31-30-19)29-20-14-21-18(13-22(20)35-4)27(32-38-21)33-40-26-23(36-5)11-17(12-24(26)37-6)28(39-7)9-8-10-34(28)3/h11-16H,8-10H2,1-7H3,(H,32,33)(H2,29,30,31). The van der Waals surface area contributed by atoms with Crippen LogP contribution in [0, 0.1) is 0 Å². The van der Waals surface area contributed by atoms with E-state index in [4.69, 9.17) is 18.7 Å². The van der Waals surface area contributed by atoms with Crippen molar-refractivity contribution in [2.75, 3.05) is 51.2 Å². The third-order valence-electron chi connectivity index (χ3n) is 7.40. The number of nitrogens with one attached hydrogen (secondary N) is 3. The van der Waals surface area contributed by atoms with Gasteiger partial charge in [-0.1, -0.05) is 19.0 Å². The fraction of sp³-hybridized carbons (Fsp3) is 0.429. The van der Waals surface area contributed by atoms with Gasteiger partial charge in [0.05, 0.1) is 37.3 Å². The summed E-state index contributed by atoms with van der Waals surface area (Å²) in [6, 6.07) is 9.97. The topological polar surface area (TPSA) is 110 Å². The van der Waals surface area contributed by atoms with Gasteiger partial charge >= 0.3 is 0 Å². The maximum absolute atomic E-state index is 5.85. The Morgan fingerprint density at radius 1 is 1.05 bits per heavy atom. The van der Waals surface area contributed by atoms with Crippen LogP contribution in [-0.4, -0.2) is 61.4 Å². The van der Waals surface area contributed by atoms with E-state index in [0.29, 0.717) is 28.9 Å². The summed E-state index contributed by atoms with van der Waals surface area (Å²) >= 11 is 3.22. The molecule has 4 aromatic rings. The Labute approximate surface area is 243 Å². The van der Waals surface area contributed by atoms with Gasteiger partial charge in [0.25, 0.3) is 0 Å². The molecule has 214 valence electrons. The number of H-pyrrole nitrogens is 1. The molecule has 2 aromatic carbocycles. The SMILES string of the molecule is COc1cc2c(NSc3c(OC)cc(C4(SC)CCCN4C)cc3OC)noc2cc1Nc1cc(C(C)C)[nH]n1. The molecule has 1 atom stereocenters. The van der Waals surface area contributed by atoms with Crippen molar-refractivity contribution >= 4 is 52.0 Å². The summed E-state index contributed by atoms with van der Waals surface area (Å²) in [7, 11) is 7.17. The van der Waals surface area contributed by atoms with E-state index in [1.165, 1.54) is 17.5 Å². The molecule has 1 aliphatic heterocycles. The lowest BCUT2D eigenvalue weighted by Crippen LogP contribution is -2.35. The average Bonchev–Trinajstić information content (AvgIpc) is 3.69. The molecule has 3 N–H and O–H groups in total. The first-order valence-corrected chi connectivity index (χ1v) is 15.1. The van der Waals surface area contributed by atoms with Crippen LogP contribution in [0.3, 0.4) is 0 Å². The maximum atomic E-state index is 5.85. The Balaban J connectivity index is 1.42. The average molecular weight is 585 g/mol. The first kappa shape index (κ1) is 28.3. The summed E-state index contributed by atoms with van der Waals surface area (Å²) in [6.45, 7) is 5.28. The number of aromatic nitrogens is 3. The number of anilines is 3. The number of rotatable bonds is 11. The highest BCUT2D eigenvalue weighted by atomic mass is 32.2. The van der Waals surface area contributed by atoms with E-state index in [2.05, 4.69) is 69.6 Å². The first-order chi connectivity index (χ1) is 19.3. The fourth-order valence-corrected chi connectivity index (χ4v) is 7.05. The van der Waals surface area contributed by atoms with Crippen molar-refractivity contribution in [1.82, 2.24) is 20.3 Å². The highest BCUT2D eigenvalue weighted by Gasteiger charge is 2.40. The summed E-state index contributed by atoms with van der Waals surface area (Å²) in [6.07, 6.45) is 4.39. The van der Waals surface area contributed by atoms with Crippen molar-refractivity contribution < 1.29 is 18.7 Å². The Morgan fingerprint density at radius 2 is 1.77 bits per heavy atom. The Kier molecular flexibility index (Phi) is 8.29. The lowest BCUT2D eigenvalue weighted by Gasteiger charge is -2.35. The molecular weight excluding hydrogens is 548 g/mol. The second kappa shape index (κ2) is 11.7. The highest BCUT2D eigenvalue weighted by Crippen LogP contribution is 2.50. The van der Waals surface area contributed by atoms with Gasteiger partial charge in [-0.15, -0.1) is 11.8 Å². The van der Waals surface area contributed by atoms with Crippen molar-refractivity contribution in [2.24, 2.45) is 0 Å². The quantitative estimate of drug-likeness (QED) is 0.162. The number of nitrogens with zero attached hydrogens (tertiary/aromatic N) is 3. The number of aromatic amines is 1. The van der Waals surface area contributed by atoms with Gasteiger partial charge in [0, 0.05) is 17.8 Å². The molecule has 0 amide bonds. The van der Waals surface area contributed by atoms with Gasteiger partial charge in [0.15, 0.2) is 17.2 Å². The Bertz CT molecular complexity index is 1460. The summed E-state index contributed by atoms with van der Waals surface area (Å²) in [5.74, 6) is 3.72. The monoisotopic (exact) mass is 584 g/mol. The second-order valence-electron chi connectivity index (χ2n) is 10.00. The molecule has 2 aromatic heterocycles. The molecule has 10 nitrogen and oxygen atoms in total. The normalized spacial score (nSPS) is 17.5. The van der Waals surface area contributed by atoms with E-state index < -0.39 is 0 Å². The van der Waals surface area contributed by atoms with Crippen LogP contribution in [0.15, 0.2) is 39.8 Å². The number of ether oxygens (including phenoxy) is 3. The lowest BCUT2D eigenvalue weighted by molar-refractivity contribution is 0.278. The van der Waals surface area contributed by atoms with E-state index in [1.54, 1.807) is 21.3 Å². The van der Waals surface area contributed by atoms with Gasteiger partial charge < -0.3 is 28.8 Å². The van der Waals surface area contributed by atoms with Gasteiger partial charge in [-0.2, -0.15) is 5.10 Å². The van der Waals surface area contributed by atoms with E-state index in [1.807, 2.05) is 30.0 Å². The van der Waals surface area contributed by atoms with E-state index >= 15 is 0 Å². The van der Waals surface area contributed by atoms with Crippen LogP contribution < -0.4 is 24.2 Å². The zero-order valence-corrected chi connectivity index (χ0v) is 25.5. The van der Waals surface area contributed by atoms with Gasteiger partial charge in [0.1, 0.15) is 22.1 Å². The number of likely N-dealkylation sites (tertiary alicyclic amines) is 1. The summed E-state index contributed by atoms with van der Waals surface area (Å²) in [5, 5.41) is 15.8. The second-order valence-corrected chi connectivity index (χ2v) is 11.9. The largest absolute Gasteiger partial charge is 0.495 e. The molecular formula is C28H36N6O4S2. The number of fused-ring (bicyclic) bond motifs is 1. The van der Waals surface area contributed by atoms with Gasteiger partial charge in [0.2, 0.25) is 0 Å². The minimum Gasteiger partial charge on any atom is -0.495 e. The number of benzene rings is 2. The minimum absolute atomic E-state index is 0.103. The van der Waals surface area contributed by atoms with Gasteiger partial charge in [-0.05, 0) is 74.3 Å². The molecule has 0 radical (unpaired) electrons. The molecule has 0 bridgehead atoms. The predicted octanol–water partition coefficient (Wildman–Crippen LogP) is 6.80. The fourth-order valence-electron chi connectivity index (χ4n) is 5.11. The molecule has 1 fully saturated rings. The van der Waals surface area contributed by atoms with E-state index in [0.717, 1.165) is 52.5 Å². The van der Waals surface area contributed by atoms with Crippen molar-refractivity contribution in [2.45, 2.75) is 42.4 Å². The van der Waals surface area contributed by atoms with Crippen LogP contribution in [0.25, 0.3) is 11.0 Å². The molecule has 0 spiro atoms. The third-order valence-corrected chi connectivity index (χ3v) is 9.73. The van der Waals surface area contributed by atoms with Gasteiger partial charge in [-0.3, -0.25) is 10.00 Å². The molecule has 0 aliphatic carbocycles. The van der Waals surface area contributed by atoms with Crippen molar-refractivity contribution in [1.29, 1.82) is 0 Å². The van der Waals surface area contributed by atoms with Crippen LogP contribution >= 0.6 is 23.7 Å². The van der Waals surface area contributed by atoms with Crippen LogP contribution in [-0.2, 0) is 4.87 Å². The van der Waals surface area contributed by atoms with Crippen molar-refractivity contribution in [3.05, 3.63) is 41.6 Å². The summed E-state index contributed by atoms with van der Waals surface area (Å²) in [5.41, 5.74) is 3.55. The van der Waals surface area contributed by atoms with Crippen molar-refractivity contribution in [3.8, 4) is 17.2 Å². The zero-order chi connectivity index (χ0) is 28.4. The first-order valence-electron chi connectivity index (χ1n) is 13.1. The van der Waals surface area contributed by atoms with Gasteiger partial charge in [-0.25, -0.2) is 0 Å². The smallest absolute Gasteiger partial charge is 0.187 e. The molecule has 5 rings (SSSR count). The van der Waals surface area contributed by atoms with E-state index in [-0.39, 0.29) is 4.87 Å². The predicted molar refractivity (Wildman–Crippen MR) is 163 cm³/mol. The minimum atomic E-state index is -0.103. The number of hydrogen-bond acceptors (Lipinski definition) is 11. The number of methoxy groups -OCH3 is 3. The third kappa shape index (κ3) is 5.15. The molecule has 1 unspecified atom stereocenters. The molecule has 1 saturated heterocycles. The lowest BCUT2D eigenvalue weighted by atomic mass is 10.0. The number of thioether (sulfide) groups is 1. The maximum Gasteiger partial charge on any atom is 0.187 e. The Hall–Kier alpha value is -3.22. The van der Waals surface area contributed by atoms with Crippen LogP contribution in [0.4, 0.5) is 17.3 Å².